The summed E-state index contributed by atoms with van der Waals surface area (Å²) in [5.41, 5.74) is 1.86. The Morgan fingerprint density at radius 3 is 2.85 bits per heavy atom. The largest absolute Gasteiger partial charge is 0.443 e. The molecule has 1 aromatic heterocycles. The molecular formula is C17H14ClFN2O4S. The fraction of sp³-hybridized carbons (Fsp3) is 0.176. The number of nitrogens with one attached hydrogen (secondary N) is 1. The van der Waals surface area contributed by atoms with Gasteiger partial charge in [-0.15, -0.1) is 0 Å². The summed E-state index contributed by atoms with van der Waals surface area (Å²) in [6.45, 7) is 0.206. The first-order valence-corrected chi connectivity index (χ1v) is 9.25. The van der Waals surface area contributed by atoms with Gasteiger partial charge < -0.3 is 4.42 Å². The highest BCUT2D eigenvalue weighted by atomic mass is 35.5. The number of hydrogen-bond acceptors (Lipinski definition) is 5. The third kappa shape index (κ3) is 4.09. The van der Waals surface area contributed by atoms with E-state index in [-0.39, 0.29) is 17.1 Å². The molecule has 0 radical (unpaired) electrons. The number of oxazole rings is 1. The van der Waals surface area contributed by atoms with Crippen LogP contribution in [0.1, 0.15) is 27.9 Å². The van der Waals surface area contributed by atoms with Gasteiger partial charge in [-0.3, -0.25) is 4.79 Å². The average Bonchev–Trinajstić information content (AvgIpc) is 3.08. The number of thiol groups is 1. The lowest BCUT2D eigenvalue weighted by Crippen LogP contribution is -2.13. The second-order valence-corrected chi connectivity index (χ2v) is 6.77. The molecule has 0 atom stereocenters. The van der Waals surface area contributed by atoms with Gasteiger partial charge in [-0.1, -0.05) is 11.6 Å². The van der Waals surface area contributed by atoms with Crippen molar-refractivity contribution < 1.29 is 22.0 Å². The second-order valence-electron chi connectivity index (χ2n) is 5.56. The summed E-state index contributed by atoms with van der Waals surface area (Å²) in [6, 6.07) is 7.06. The Morgan fingerprint density at radius 1 is 1.27 bits per heavy atom. The maximum absolute atomic E-state index is 14.0. The molecule has 2 aromatic carbocycles. The number of hydrogen-bond donors (Lipinski definition) is 2. The quantitative estimate of drug-likeness (QED) is 0.364. The number of aryl methyl sites for hydroxylation is 1. The van der Waals surface area contributed by atoms with E-state index < -0.39 is 22.5 Å². The van der Waals surface area contributed by atoms with Gasteiger partial charge in [-0.2, -0.15) is 0 Å². The van der Waals surface area contributed by atoms with Crippen molar-refractivity contribution in [3.63, 3.8) is 0 Å². The Morgan fingerprint density at radius 2 is 2.08 bits per heavy atom. The van der Waals surface area contributed by atoms with Crippen LogP contribution in [0.2, 0.25) is 5.02 Å². The Bertz CT molecular complexity index is 1040. The monoisotopic (exact) mass is 396 g/mol. The molecule has 0 spiro atoms. The van der Waals surface area contributed by atoms with E-state index in [0.717, 1.165) is 6.07 Å². The molecule has 0 saturated carbocycles. The zero-order valence-corrected chi connectivity index (χ0v) is 15.0. The van der Waals surface area contributed by atoms with E-state index in [2.05, 4.69) is 9.71 Å². The lowest BCUT2D eigenvalue weighted by atomic mass is 9.99. The lowest BCUT2D eigenvalue weighted by molar-refractivity contribution is 0.103. The van der Waals surface area contributed by atoms with Crippen LogP contribution < -0.4 is 4.72 Å². The first-order valence-electron chi connectivity index (χ1n) is 7.69. The summed E-state index contributed by atoms with van der Waals surface area (Å²) in [6.07, 6.45) is 2.02. The zero-order valence-electron chi connectivity index (χ0n) is 13.4. The summed E-state index contributed by atoms with van der Waals surface area (Å²) in [5, 5.41) is 0.156. The highest BCUT2D eigenvalue weighted by Crippen LogP contribution is 2.27. The van der Waals surface area contributed by atoms with Gasteiger partial charge in [-0.05, 0) is 48.7 Å². The van der Waals surface area contributed by atoms with E-state index in [0.29, 0.717) is 35.1 Å². The summed E-state index contributed by atoms with van der Waals surface area (Å²) in [7, 11) is -2.68. The number of carbonyl (C=O) groups is 1. The van der Waals surface area contributed by atoms with Crippen LogP contribution >= 0.6 is 11.6 Å². The van der Waals surface area contributed by atoms with E-state index in [4.69, 9.17) is 16.0 Å². The van der Waals surface area contributed by atoms with E-state index in [9.17, 15) is 17.6 Å². The molecule has 0 fully saturated rings. The first-order chi connectivity index (χ1) is 12.5. The summed E-state index contributed by atoms with van der Waals surface area (Å²) >= 11 is 6.30. The van der Waals surface area contributed by atoms with Crippen molar-refractivity contribution in [2.45, 2.75) is 12.8 Å². The van der Waals surface area contributed by atoms with Crippen molar-refractivity contribution in [1.29, 1.82) is 0 Å². The molecule has 136 valence electrons. The first kappa shape index (κ1) is 18.5. The Hall–Kier alpha value is -2.29. The minimum absolute atomic E-state index is 0.0485. The average molecular weight is 397 g/mol. The molecule has 0 amide bonds. The summed E-state index contributed by atoms with van der Waals surface area (Å²) in [5.74, 6) is -1.01. The smallest absolute Gasteiger partial charge is 0.201 e. The molecule has 1 heterocycles. The molecule has 3 rings (SSSR count). The maximum Gasteiger partial charge on any atom is 0.201 e. The van der Waals surface area contributed by atoms with Gasteiger partial charge in [0.15, 0.2) is 17.8 Å². The molecule has 6 nitrogen and oxygen atoms in total. The minimum atomic E-state index is -2.68. The van der Waals surface area contributed by atoms with Crippen LogP contribution in [0.3, 0.4) is 0 Å². The SMILES string of the molecule is O=C(c1ccc2ocnc2c1)c1cc(F)cc(CCCN[SH](=O)=O)c1Cl. The van der Waals surface area contributed by atoms with E-state index in [1.54, 1.807) is 18.2 Å². The molecule has 0 saturated heterocycles. The third-order valence-corrected chi connectivity index (χ3v) is 4.74. The van der Waals surface area contributed by atoms with E-state index in [1.165, 1.54) is 12.5 Å². The van der Waals surface area contributed by atoms with Gasteiger partial charge in [0, 0.05) is 17.7 Å². The fourth-order valence-electron chi connectivity index (χ4n) is 2.60. The number of benzene rings is 2. The van der Waals surface area contributed by atoms with Crippen LogP contribution in [-0.4, -0.2) is 25.7 Å². The predicted molar refractivity (Wildman–Crippen MR) is 95.5 cm³/mol. The Labute approximate surface area is 155 Å². The predicted octanol–water partition coefficient (Wildman–Crippen LogP) is 2.90. The number of carbonyl (C=O) groups excluding carboxylic acids is 1. The Balaban J connectivity index is 1.87. The number of nitrogens with zero attached hydrogens (tertiary/aromatic N) is 1. The van der Waals surface area contributed by atoms with Gasteiger partial charge in [0.05, 0.1) is 5.02 Å². The molecule has 3 aromatic rings. The zero-order chi connectivity index (χ0) is 18.7. The molecule has 26 heavy (non-hydrogen) atoms. The molecule has 0 aliphatic carbocycles. The van der Waals surface area contributed by atoms with Crippen molar-refractivity contribution in [3.05, 3.63) is 64.3 Å². The molecule has 9 heteroatoms. The molecular weight excluding hydrogens is 383 g/mol. The number of aromatic nitrogens is 1. The van der Waals surface area contributed by atoms with Crippen LogP contribution in [0.15, 0.2) is 41.1 Å². The van der Waals surface area contributed by atoms with Crippen molar-refractivity contribution >= 4 is 39.4 Å². The highest BCUT2D eigenvalue weighted by Gasteiger charge is 2.18. The van der Waals surface area contributed by atoms with Crippen LogP contribution in [0, 0.1) is 5.82 Å². The number of ketones is 1. The van der Waals surface area contributed by atoms with Crippen LogP contribution in [0.5, 0.6) is 0 Å². The van der Waals surface area contributed by atoms with E-state index >= 15 is 0 Å². The second kappa shape index (κ2) is 7.94. The molecule has 0 aliphatic heterocycles. The standard InChI is InChI=1S/C17H14ClFN2O4S/c18-16-10(2-1-5-21-26(23)24)6-12(19)8-13(16)17(22)11-3-4-15-14(7-11)20-9-25-15/h3-4,6-9,26H,1-2,5H2,(H,21,23,24). The Kier molecular flexibility index (Phi) is 5.65. The van der Waals surface area contributed by atoms with Crippen molar-refractivity contribution in [2.75, 3.05) is 6.54 Å². The van der Waals surface area contributed by atoms with Gasteiger partial charge >= 0.3 is 0 Å². The maximum atomic E-state index is 14.0. The van der Waals surface area contributed by atoms with Gasteiger partial charge in [-0.25, -0.2) is 22.5 Å². The number of fused-ring (bicyclic) bond motifs is 1. The number of halogens is 2. The topological polar surface area (TPSA) is 89.3 Å². The van der Waals surface area contributed by atoms with Crippen LogP contribution in [0.25, 0.3) is 11.1 Å². The van der Waals surface area contributed by atoms with Crippen LogP contribution in [-0.2, 0) is 17.3 Å². The fourth-order valence-corrected chi connectivity index (χ4v) is 3.23. The lowest BCUT2D eigenvalue weighted by Gasteiger charge is -2.10. The highest BCUT2D eigenvalue weighted by molar-refractivity contribution is 7.70. The third-order valence-electron chi connectivity index (χ3n) is 3.81. The number of rotatable bonds is 7. The molecule has 0 unspecified atom stereocenters. The van der Waals surface area contributed by atoms with Crippen LogP contribution in [0.4, 0.5) is 4.39 Å². The van der Waals surface area contributed by atoms with E-state index in [1.807, 2.05) is 0 Å². The normalized spacial score (nSPS) is 11.3. The van der Waals surface area contributed by atoms with Gasteiger partial charge in [0.1, 0.15) is 11.3 Å². The summed E-state index contributed by atoms with van der Waals surface area (Å²) in [4.78, 5) is 16.7. The van der Waals surface area contributed by atoms with Crippen molar-refractivity contribution in [1.82, 2.24) is 9.71 Å². The van der Waals surface area contributed by atoms with Crippen molar-refractivity contribution in [3.8, 4) is 0 Å². The summed E-state index contributed by atoms with van der Waals surface area (Å²) < 4.78 is 42.3. The molecule has 0 aliphatic rings. The van der Waals surface area contributed by atoms with Gasteiger partial charge in [0.25, 0.3) is 0 Å². The van der Waals surface area contributed by atoms with Crippen molar-refractivity contribution in [2.24, 2.45) is 0 Å². The molecule has 1 N–H and O–H groups in total. The minimum Gasteiger partial charge on any atom is -0.443 e. The van der Waals surface area contributed by atoms with Gasteiger partial charge in [0.2, 0.25) is 10.9 Å². The molecule has 0 bridgehead atoms.